The van der Waals surface area contributed by atoms with Gasteiger partial charge in [0, 0.05) is 22.9 Å². The summed E-state index contributed by atoms with van der Waals surface area (Å²) in [5.41, 5.74) is 16.2. The number of hydrogen-bond acceptors (Lipinski definition) is 10. The molecule has 0 amide bonds. The minimum absolute atomic E-state index is 0.0808. The third-order valence-corrected chi connectivity index (χ3v) is 4.94. The van der Waals surface area contributed by atoms with Gasteiger partial charge in [0.15, 0.2) is 9.84 Å². The zero-order valence-electron chi connectivity index (χ0n) is 17.7. The molecule has 15 heteroatoms. The number of azide groups is 2. The van der Waals surface area contributed by atoms with Gasteiger partial charge >= 0.3 is 0 Å². The molecular weight excluding hydrogens is 436 g/mol. The molecule has 0 aliphatic rings. The molecule has 0 aliphatic carbocycles. The fourth-order valence-electron chi connectivity index (χ4n) is 1.86. The van der Waals surface area contributed by atoms with Crippen molar-refractivity contribution in [2.45, 2.75) is 0 Å². The van der Waals surface area contributed by atoms with E-state index in [9.17, 15) is 8.42 Å². The van der Waals surface area contributed by atoms with E-state index in [0.29, 0.717) is 52.9 Å². The first kappa shape index (κ1) is 29.3. The average Bonchev–Trinajstić information content (AvgIpc) is 2.75. The van der Waals surface area contributed by atoms with Crippen LogP contribution >= 0.6 is 0 Å². The topological polar surface area (TPSA) is 187 Å². The predicted octanol–water partition coefficient (Wildman–Crippen LogP) is 1.12. The van der Waals surface area contributed by atoms with Crippen LogP contribution in [0.25, 0.3) is 20.9 Å². The van der Waals surface area contributed by atoms with Crippen LogP contribution in [0.3, 0.4) is 0 Å². The van der Waals surface area contributed by atoms with Gasteiger partial charge in [-0.3, -0.25) is 0 Å². The van der Waals surface area contributed by atoms with Crippen LogP contribution in [0.1, 0.15) is 0 Å². The monoisotopic (exact) mass is 468 g/mol. The van der Waals surface area contributed by atoms with E-state index in [0.717, 1.165) is 0 Å². The highest BCUT2D eigenvalue weighted by atomic mass is 32.2. The molecule has 0 unspecified atom stereocenters. The highest BCUT2D eigenvalue weighted by Crippen LogP contribution is 1.93. The van der Waals surface area contributed by atoms with Gasteiger partial charge in [-0.25, -0.2) is 8.42 Å². The second-order valence-electron chi connectivity index (χ2n) is 5.73. The lowest BCUT2D eigenvalue weighted by molar-refractivity contribution is 0.0181. The molecule has 0 N–H and O–H groups in total. The van der Waals surface area contributed by atoms with E-state index < -0.39 is 9.84 Å². The summed E-state index contributed by atoms with van der Waals surface area (Å²) in [5.74, 6) is -0.162. The van der Waals surface area contributed by atoms with E-state index in [4.69, 9.17) is 39.5 Å². The zero-order chi connectivity index (χ0) is 22.9. The molecule has 0 saturated carbocycles. The standard InChI is InChI=1S/C16H32N6O8S/c17-21-19-1-3-25-5-7-27-9-11-29-13-15-31(23,24)16-14-30-12-10-28-8-6-26-4-2-20-22-18/h1-16H2. The van der Waals surface area contributed by atoms with Gasteiger partial charge in [-0.1, -0.05) is 10.2 Å². The molecule has 0 radical (unpaired) electrons. The largest absolute Gasteiger partial charge is 0.379 e. The molecule has 0 aromatic rings. The number of rotatable bonds is 24. The number of sulfone groups is 1. The van der Waals surface area contributed by atoms with Crippen LogP contribution in [0.2, 0.25) is 0 Å². The second-order valence-corrected chi connectivity index (χ2v) is 8.04. The highest BCUT2D eigenvalue weighted by molar-refractivity contribution is 7.91. The van der Waals surface area contributed by atoms with Gasteiger partial charge in [0.2, 0.25) is 0 Å². The van der Waals surface area contributed by atoms with Gasteiger partial charge in [-0.15, -0.1) is 0 Å². The zero-order valence-corrected chi connectivity index (χ0v) is 18.5. The Morgan fingerprint density at radius 3 is 1.13 bits per heavy atom. The van der Waals surface area contributed by atoms with E-state index in [-0.39, 0.29) is 51.0 Å². The molecule has 0 aliphatic heterocycles. The maximum Gasteiger partial charge on any atom is 0.154 e. The minimum atomic E-state index is -3.25. The molecule has 0 atom stereocenters. The summed E-state index contributed by atoms with van der Waals surface area (Å²) in [6, 6.07) is 0. The molecule has 180 valence electrons. The van der Waals surface area contributed by atoms with Crippen LogP contribution < -0.4 is 0 Å². The Bertz CT molecular complexity index is 565. The Hall–Kier alpha value is -1.67. The smallest absolute Gasteiger partial charge is 0.154 e. The van der Waals surface area contributed by atoms with E-state index >= 15 is 0 Å². The van der Waals surface area contributed by atoms with Gasteiger partial charge in [-0.2, -0.15) is 0 Å². The number of hydrogen-bond donors (Lipinski definition) is 0. The molecule has 0 saturated heterocycles. The molecule has 0 heterocycles. The van der Waals surface area contributed by atoms with E-state index in [1.54, 1.807) is 0 Å². The summed E-state index contributed by atoms with van der Waals surface area (Å²) >= 11 is 0. The molecular formula is C16H32N6O8S. The Balaban J connectivity index is 3.36. The van der Waals surface area contributed by atoms with Crippen molar-refractivity contribution < 1.29 is 36.8 Å². The minimum Gasteiger partial charge on any atom is -0.379 e. The van der Waals surface area contributed by atoms with Gasteiger partial charge in [-0.05, 0) is 11.1 Å². The van der Waals surface area contributed by atoms with Crippen molar-refractivity contribution in [3.05, 3.63) is 20.9 Å². The molecule has 31 heavy (non-hydrogen) atoms. The van der Waals surface area contributed by atoms with Crippen LogP contribution in [-0.2, 0) is 38.3 Å². The van der Waals surface area contributed by atoms with Crippen LogP contribution in [0, 0.1) is 0 Å². The lowest BCUT2D eigenvalue weighted by Crippen LogP contribution is -2.21. The normalized spacial score (nSPS) is 11.1. The first-order valence-electron chi connectivity index (χ1n) is 9.81. The van der Waals surface area contributed by atoms with Gasteiger partial charge in [0.25, 0.3) is 0 Å². The average molecular weight is 469 g/mol. The quantitative estimate of drug-likeness (QED) is 0.0871. The van der Waals surface area contributed by atoms with Gasteiger partial charge in [0.1, 0.15) is 0 Å². The van der Waals surface area contributed by atoms with Crippen LogP contribution in [-0.4, -0.2) is 112 Å². The highest BCUT2D eigenvalue weighted by Gasteiger charge is 2.10. The predicted molar refractivity (Wildman–Crippen MR) is 112 cm³/mol. The fourth-order valence-corrected chi connectivity index (χ4v) is 2.81. The van der Waals surface area contributed by atoms with E-state index in [1.165, 1.54) is 0 Å². The first-order chi connectivity index (χ1) is 15.1. The lowest BCUT2D eigenvalue weighted by atomic mass is 10.7. The molecule has 0 spiro atoms. The third kappa shape index (κ3) is 24.5. The Labute approximate surface area is 182 Å². The molecule has 0 rings (SSSR count). The van der Waals surface area contributed by atoms with Crippen molar-refractivity contribution in [1.29, 1.82) is 0 Å². The summed E-state index contributed by atoms with van der Waals surface area (Å²) in [5, 5.41) is 6.66. The maximum absolute atomic E-state index is 11.9. The summed E-state index contributed by atoms with van der Waals surface area (Å²) in [6.45, 7) is 4.21. The Morgan fingerprint density at radius 2 is 0.806 bits per heavy atom. The molecule has 14 nitrogen and oxygen atoms in total. The first-order valence-corrected chi connectivity index (χ1v) is 11.6. The van der Waals surface area contributed by atoms with Crippen LogP contribution in [0.15, 0.2) is 10.2 Å². The summed E-state index contributed by atoms with van der Waals surface area (Å²) in [6.07, 6.45) is 0. The lowest BCUT2D eigenvalue weighted by Gasteiger charge is -2.08. The van der Waals surface area contributed by atoms with Gasteiger partial charge in [0.05, 0.1) is 90.8 Å². The number of nitrogens with zero attached hydrogens (tertiary/aromatic N) is 6. The van der Waals surface area contributed by atoms with Crippen molar-refractivity contribution in [2.24, 2.45) is 10.2 Å². The molecule has 0 aromatic heterocycles. The van der Waals surface area contributed by atoms with Crippen molar-refractivity contribution in [1.82, 2.24) is 0 Å². The van der Waals surface area contributed by atoms with Crippen molar-refractivity contribution in [3.8, 4) is 0 Å². The fraction of sp³-hybridized carbons (Fsp3) is 1.00. The van der Waals surface area contributed by atoms with Crippen molar-refractivity contribution in [2.75, 3.05) is 104 Å². The second kappa shape index (κ2) is 23.0. The summed E-state index contributed by atoms with van der Waals surface area (Å²) in [4.78, 5) is 5.21. The summed E-state index contributed by atoms with van der Waals surface area (Å²) < 4.78 is 55.1. The third-order valence-electron chi connectivity index (χ3n) is 3.36. The van der Waals surface area contributed by atoms with Crippen molar-refractivity contribution in [3.63, 3.8) is 0 Å². The molecule has 0 fully saturated rings. The maximum atomic E-state index is 11.9. The van der Waals surface area contributed by atoms with Crippen LogP contribution in [0.5, 0.6) is 0 Å². The summed E-state index contributed by atoms with van der Waals surface area (Å²) in [7, 11) is -3.25. The molecule has 0 aromatic carbocycles. The Morgan fingerprint density at radius 1 is 0.516 bits per heavy atom. The van der Waals surface area contributed by atoms with Crippen molar-refractivity contribution >= 4 is 9.84 Å². The van der Waals surface area contributed by atoms with E-state index in [2.05, 4.69) is 20.1 Å². The van der Waals surface area contributed by atoms with Crippen LogP contribution in [0.4, 0.5) is 0 Å². The molecule has 0 bridgehead atoms. The SMILES string of the molecule is [N-]=[N+]=NCCOCCOCCOCCS(=O)(=O)CCOCCOCCOCCN=[N+]=[N-]. The van der Waals surface area contributed by atoms with E-state index in [1.807, 2.05) is 0 Å². The Kier molecular flexibility index (Phi) is 21.8. The van der Waals surface area contributed by atoms with Gasteiger partial charge < -0.3 is 28.4 Å². The number of ether oxygens (including phenoxy) is 6.